The SMILES string of the molecule is CCCCCCN(CCCCCC)OC(=O)C(C)C(=O)OC. The number of esters is 1. The van der Waals surface area contributed by atoms with Crippen LogP contribution in [0.3, 0.4) is 0 Å². The summed E-state index contributed by atoms with van der Waals surface area (Å²) in [6.45, 7) is 7.30. The van der Waals surface area contributed by atoms with Crippen LogP contribution in [0.1, 0.15) is 72.1 Å². The highest BCUT2D eigenvalue weighted by Gasteiger charge is 2.26. The zero-order chi connectivity index (χ0) is 16.8. The molecule has 0 aromatic rings. The number of hydroxylamine groups is 2. The predicted molar refractivity (Wildman–Crippen MR) is 87.1 cm³/mol. The molecule has 0 rings (SSSR count). The topological polar surface area (TPSA) is 55.8 Å². The Morgan fingerprint density at radius 3 is 1.77 bits per heavy atom. The van der Waals surface area contributed by atoms with Crippen molar-refractivity contribution in [3.63, 3.8) is 0 Å². The Hall–Kier alpha value is -1.10. The summed E-state index contributed by atoms with van der Waals surface area (Å²) in [4.78, 5) is 28.7. The molecule has 0 amide bonds. The van der Waals surface area contributed by atoms with Gasteiger partial charge in [-0.3, -0.25) is 4.79 Å². The molecule has 1 unspecified atom stereocenters. The molecule has 130 valence electrons. The third-order valence-electron chi connectivity index (χ3n) is 3.65. The fourth-order valence-corrected chi connectivity index (χ4v) is 2.11. The minimum atomic E-state index is -0.876. The predicted octanol–water partition coefficient (Wildman–Crippen LogP) is 3.72. The van der Waals surface area contributed by atoms with Crippen molar-refractivity contribution < 1.29 is 19.2 Å². The van der Waals surface area contributed by atoms with E-state index in [-0.39, 0.29) is 0 Å². The normalized spacial score (nSPS) is 12.2. The maximum absolute atomic E-state index is 12.0. The summed E-state index contributed by atoms with van der Waals surface area (Å²) in [5, 5.41) is 1.72. The van der Waals surface area contributed by atoms with Crippen LogP contribution < -0.4 is 0 Å². The molecule has 0 aliphatic heterocycles. The third kappa shape index (κ3) is 9.77. The first-order valence-electron chi connectivity index (χ1n) is 8.61. The van der Waals surface area contributed by atoms with Gasteiger partial charge in [0.05, 0.1) is 7.11 Å². The molecule has 0 aliphatic rings. The van der Waals surface area contributed by atoms with Gasteiger partial charge < -0.3 is 9.57 Å². The smallest absolute Gasteiger partial charge is 0.338 e. The fourth-order valence-electron chi connectivity index (χ4n) is 2.11. The average molecular weight is 315 g/mol. The van der Waals surface area contributed by atoms with Crippen LogP contribution in [0.4, 0.5) is 0 Å². The monoisotopic (exact) mass is 315 g/mol. The van der Waals surface area contributed by atoms with Crippen LogP contribution in [0.15, 0.2) is 0 Å². The highest BCUT2D eigenvalue weighted by molar-refractivity contribution is 5.94. The molecule has 1 atom stereocenters. The molecule has 0 fully saturated rings. The number of rotatable bonds is 13. The number of methoxy groups -OCH3 is 1. The molecule has 0 aromatic carbocycles. The largest absolute Gasteiger partial charge is 0.468 e. The van der Waals surface area contributed by atoms with Crippen LogP contribution in [0, 0.1) is 5.92 Å². The van der Waals surface area contributed by atoms with E-state index in [9.17, 15) is 9.59 Å². The Balaban J connectivity index is 4.29. The van der Waals surface area contributed by atoms with Crippen molar-refractivity contribution in [2.45, 2.75) is 72.1 Å². The van der Waals surface area contributed by atoms with Crippen LogP contribution >= 0.6 is 0 Å². The molecule has 5 nitrogen and oxygen atoms in total. The van der Waals surface area contributed by atoms with Gasteiger partial charge in [-0.1, -0.05) is 52.4 Å². The molecule has 0 N–H and O–H groups in total. The van der Waals surface area contributed by atoms with Crippen LogP contribution in [-0.2, 0) is 19.2 Å². The Labute approximate surface area is 135 Å². The summed E-state index contributed by atoms with van der Waals surface area (Å²) in [6, 6.07) is 0. The standard InChI is InChI=1S/C17H33NO4/c1-5-7-9-11-13-18(14-12-10-8-6-2)22-17(20)15(3)16(19)21-4/h15H,5-14H2,1-4H3. The number of hydrogen-bond acceptors (Lipinski definition) is 5. The Bertz CT molecular complexity index is 295. The van der Waals surface area contributed by atoms with E-state index in [2.05, 4.69) is 18.6 Å². The molecule has 0 aromatic heterocycles. The molecule has 0 bridgehead atoms. The first-order valence-corrected chi connectivity index (χ1v) is 8.61. The minimum absolute atomic E-state index is 0.530. The number of carbonyl (C=O) groups is 2. The third-order valence-corrected chi connectivity index (χ3v) is 3.65. The van der Waals surface area contributed by atoms with E-state index < -0.39 is 17.9 Å². The Morgan fingerprint density at radius 2 is 1.36 bits per heavy atom. The fraction of sp³-hybridized carbons (Fsp3) is 0.882. The van der Waals surface area contributed by atoms with Gasteiger partial charge in [-0.2, -0.15) is 0 Å². The van der Waals surface area contributed by atoms with Crippen LogP contribution in [0.2, 0.25) is 0 Å². The molecule has 5 heteroatoms. The van der Waals surface area contributed by atoms with Gasteiger partial charge >= 0.3 is 11.9 Å². The van der Waals surface area contributed by atoms with Crippen molar-refractivity contribution in [2.24, 2.45) is 5.92 Å². The van der Waals surface area contributed by atoms with Gasteiger partial charge in [0, 0.05) is 13.1 Å². The molecule has 0 aliphatic carbocycles. The van der Waals surface area contributed by atoms with E-state index in [1.165, 1.54) is 39.7 Å². The van der Waals surface area contributed by atoms with Crippen molar-refractivity contribution in [1.29, 1.82) is 0 Å². The average Bonchev–Trinajstić information content (AvgIpc) is 2.53. The van der Waals surface area contributed by atoms with E-state index in [1.807, 2.05) is 0 Å². The second kappa shape index (κ2) is 13.6. The number of hydrogen-bond donors (Lipinski definition) is 0. The van der Waals surface area contributed by atoms with Gasteiger partial charge in [0.2, 0.25) is 0 Å². The maximum atomic E-state index is 12.0. The molecule has 0 radical (unpaired) electrons. The van der Waals surface area contributed by atoms with E-state index in [4.69, 9.17) is 4.84 Å². The van der Waals surface area contributed by atoms with E-state index >= 15 is 0 Å². The lowest BCUT2D eigenvalue weighted by molar-refractivity contribution is -0.198. The van der Waals surface area contributed by atoms with Gasteiger partial charge in [-0.25, -0.2) is 4.79 Å². The summed E-state index contributed by atoms with van der Waals surface area (Å²) in [6.07, 6.45) is 9.00. The number of unbranched alkanes of at least 4 members (excludes halogenated alkanes) is 6. The number of ether oxygens (including phenoxy) is 1. The lowest BCUT2D eigenvalue weighted by Crippen LogP contribution is -2.34. The van der Waals surface area contributed by atoms with Gasteiger partial charge in [-0.05, 0) is 19.8 Å². The van der Waals surface area contributed by atoms with Crippen molar-refractivity contribution in [1.82, 2.24) is 5.06 Å². The Kier molecular flexibility index (Phi) is 12.9. The summed E-state index contributed by atoms with van der Waals surface area (Å²) in [5.41, 5.74) is 0. The molecule has 0 heterocycles. The summed E-state index contributed by atoms with van der Waals surface area (Å²) in [7, 11) is 1.28. The summed E-state index contributed by atoms with van der Waals surface area (Å²) >= 11 is 0. The maximum Gasteiger partial charge on any atom is 0.338 e. The van der Waals surface area contributed by atoms with Gasteiger partial charge in [-0.15, -0.1) is 5.06 Å². The van der Waals surface area contributed by atoms with Crippen molar-refractivity contribution in [2.75, 3.05) is 20.2 Å². The molecule has 0 saturated heterocycles. The first kappa shape index (κ1) is 20.9. The van der Waals surface area contributed by atoms with Gasteiger partial charge in [0.25, 0.3) is 0 Å². The molecule has 22 heavy (non-hydrogen) atoms. The Morgan fingerprint density at radius 1 is 0.864 bits per heavy atom. The molecular formula is C17H33NO4. The lowest BCUT2D eigenvalue weighted by atomic mass is 10.2. The minimum Gasteiger partial charge on any atom is -0.468 e. The zero-order valence-corrected chi connectivity index (χ0v) is 14.7. The first-order chi connectivity index (χ1) is 10.6. The zero-order valence-electron chi connectivity index (χ0n) is 14.7. The number of nitrogens with zero attached hydrogens (tertiary/aromatic N) is 1. The second-order valence-corrected chi connectivity index (χ2v) is 5.71. The van der Waals surface area contributed by atoms with Crippen LogP contribution in [0.25, 0.3) is 0 Å². The van der Waals surface area contributed by atoms with E-state index in [0.717, 1.165) is 38.8 Å². The molecule has 0 saturated carbocycles. The quantitative estimate of drug-likeness (QED) is 0.224. The lowest BCUT2D eigenvalue weighted by Gasteiger charge is -2.22. The second-order valence-electron chi connectivity index (χ2n) is 5.71. The van der Waals surface area contributed by atoms with Gasteiger partial charge in [0.1, 0.15) is 0 Å². The van der Waals surface area contributed by atoms with E-state index in [0.29, 0.717) is 0 Å². The summed E-state index contributed by atoms with van der Waals surface area (Å²) < 4.78 is 4.58. The molecular weight excluding hydrogens is 282 g/mol. The molecule has 0 spiro atoms. The van der Waals surface area contributed by atoms with Crippen molar-refractivity contribution in [3.8, 4) is 0 Å². The highest BCUT2D eigenvalue weighted by atomic mass is 16.7. The van der Waals surface area contributed by atoms with Crippen LogP contribution in [-0.4, -0.2) is 37.2 Å². The van der Waals surface area contributed by atoms with Gasteiger partial charge in [0.15, 0.2) is 5.92 Å². The summed E-state index contributed by atoms with van der Waals surface area (Å²) in [5.74, 6) is -1.96. The van der Waals surface area contributed by atoms with Crippen LogP contribution in [0.5, 0.6) is 0 Å². The van der Waals surface area contributed by atoms with Crippen molar-refractivity contribution >= 4 is 11.9 Å². The van der Waals surface area contributed by atoms with E-state index in [1.54, 1.807) is 5.06 Å². The highest BCUT2D eigenvalue weighted by Crippen LogP contribution is 2.09. The van der Waals surface area contributed by atoms with Crippen molar-refractivity contribution in [3.05, 3.63) is 0 Å². The number of carbonyl (C=O) groups excluding carboxylic acids is 2.